The maximum Gasteiger partial charge on any atom is 0.184 e. The van der Waals surface area contributed by atoms with Crippen molar-refractivity contribution in [2.45, 2.75) is 119 Å². The van der Waals surface area contributed by atoms with Gasteiger partial charge in [-0.2, -0.15) is 0 Å². The SMILES string of the molecule is C[C@@H]1C(O)[C@@H](OC2C(O)C(O[C@H]3O[C@H](CNCCO)CCC3N)[C@@H](N)C[C@H]2NC(=N)C(C)(C)O)OCC1(C)O. The Labute approximate surface area is 229 Å². The van der Waals surface area contributed by atoms with Crippen molar-refractivity contribution in [2.75, 3.05) is 26.3 Å². The first-order valence-electron chi connectivity index (χ1n) is 13.7. The lowest BCUT2D eigenvalue weighted by Crippen LogP contribution is -2.68. The fraction of sp³-hybridized carbons (Fsp3) is 0.960. The summed E-state index contributed by atoms with van der Waals surface area (Å²) in [5.74, 6) is -0.783. The van der Waals surface area contributed by atoms with Gasteiger partial charge < -0.3 is 66.6 Å². The number of amidine groups is 1. The van der Waals surface area contributed by atoms with Crippen LogP contribution in [0.3, 0.4) is 0 Å². The molecule has 12 atom stereocenters. The van der Waals surface area contributed by atoms with Crippen LogP contribution in [0.4, 0.5) is 0 Å². The summed E-state index contributed by atoms with van der Waals surface area (Å²) < 4.78 is 24.0. The van der Waals surface area contributed by atoms with Crippen LogP contribution in [0, 0.1) is 11.3 Å². The first kappa shape index (κ1) is 32.5. The second-order valence-electron chi connectivity index (χ2n) is 11.9. The summed E-state index contributed by atoms with van der Waals surface area (Å²) in [6, 6.07) is -1.91. The van der Waals surface area contributed by atoms with Crippen molar-refractivity contribution >= 4 is 5.84 Å². The van der Waals surface area contributed by atoms with E-state index in [0.29, 0.717) is 25.9 Å². The quantitative estimate of drug-likeness (QED) is 0.0729. The van der Waals surface area contributed by atoms with Gasteiger partial charge in [-0.25, -0.2) is 0 Å². The van der Waals surface area contributed by atoms with Crippen molar-refractivity contribution in [1.82, 2.24) is 10.6 Å². The number of nitrogens with one attached hydrogen (secondary N) is 3. The molecule has 6 unspecified atom stereocenters. The predicted molar refractivity (Wildman–Crippen MR) is 141 cm³/mol. The van der Waals surface area contributed by atoms with Crippen LogP contribution in [-0.4, -0.2) is 130 Å². The summed E-state index contributed by atoms with van der Waals surface area (Å²) in [5, 5.41) is 66.4. The molecule has 0 aromatic heterocycles. The van der Waals surface area contributed by atoms with Crippen LogP contribution in [0.1, 0.15) is 47.0 Å². The van der Waals surface area contributed by atoms with Crippen LogP contribution in [0.25, 0.3) is 0 Å². The minimum atomic E-state index is -1.48. The van der Waals surface area contributed by atoms with Crippen molar-refractivity contribution < 1.29 is 44.5 Å². The Balaban J connectivity index is 1.77. The third-order valence-corrected chi connectivity index (χ3v) is 8.01. The number of hydrogen-bond acceptors (Lipinski definition) is 13. The van der Waals surface area contributed by atoms with E-state index in [4.69, 9.17) is 40.9 Å². The lowest BCUT2D eigenvalue weighted by Gasteiger charge is -2.49. The van der Waals surface area contributed by atoms with Gasteiger partial charge in [0.2, 0.25) is 0 Å². The largest absolute Gasteiger partial charge is 0.395 e. The number of aliphatic hydroxyl groups is 5. The molecule has 228 valence electrons. The molecule has 12 N–H and O–H groups in total. The Hall–Kier alpha value is -1.01. The lowest BCUT2D eigenvalue weighted by molar-refractivity contribution is -0.313. The fourth-order valence-electron chi connectivity index (χ4n) is 5.11. The lowest BCUT2D eigenvalue weighted by atomic mass is 9.82. The Morgan fingerprint density at radius 3 is 2.41 bits per heavy atom. The second-order valence-corrected chi connectivity index (χ2v) is 11.9. The van der Waals surface area contributed by atoms with E-state index in [1.807, 2.05) is 0 Å². The van der Waals surface area contributed by atoms with E-state index in [1.165, 1.54) is 13.8 Å². The average molecular weight is 564 g/mol. The summed E-state index contributed by atoms with van der Waals surface area (Å²) in [6.45, 7) is 6.99. The van der Waals surface area contributed by atoms with E-state index in [0.717, 1.165) is 0 Å². The second kappa shape index (κ2) is 13.3. The van der Waals surface area contributed by atoms with E-state index in [9.17, 15) is 20.4 Å². The number of nitrogens with two attached hydrogens (primary N) is 2. The molecule has 1 saturated carbocycles. The molecule has 0 bridgehead atoms. The Morgan fingerprint density at radius 1 is 1.10 bits per heavy atom. The van der Waals surface area contributed by atoms with Crippen LogP contribution in [-0.2, 0) is 18.9 Å². The van der Waals surface area contributed by atoms with Crippen molar-refractivity contribution in [2.24, 2.45) is 17.4 Å². The van der Waals surface area contributed by atoms with Crippen molar-refractivity contribution in [1.29, 1.82) is 5.41 Å². The van der Waals surface area contributed by atoms with Gasteiger partial charge in [0.25, 0.3) is 0 Å². The molecular formula is C25H49N5O9. The number of aliphatic hydroxyl groups excluding tert-OH is 3. The first-order chi connectivity index (χ1) is 18.2. The van der Waals surface area contributed by atoms with E-state index < -0.39 is 72.2 Å². The molecule has 3 aliphatic rings. The smallest absolute Gasteiger partial charge is 0.184 e. The molecule has 0 aromatic rings. The van der Waals surface area contributed by atoms with E-state index >= 15 is 0 Å². The number of rotatable bonds is 10. The molecule has 2 saturated heterocycles. The summed E-state index contributed by atoms with van der Waals surface area (Å²) in [5.41, 5.74) is 9.98. The molecule has 0 radical (unpaired) electrons. The van der Waals surface area contributed by atoms with Crippen LogP contribution in [0.15, 0.2) is 0 Å². The highest BCUT2D eigenvalue weighted by Crippen LogP contribution is 2.34. The van der Waals surface area contributed by atoms with Gasteiger partial charge in [-0.3, -0.25) is 5.41 Å². The van der Waals surface area contributed by atoms with Crippen LogP contribution >= 0.6 is 0 Å². The highest BCUT2D eigenvalue weighted by atomic mass is 16.7. The maximum atomic E-state index is 11.5. The van der Waals surface area contributed by atoms with Crippen LogP contribution in [0.5, 0.6) is 0 Å². The molecule has 2 aliphatic heterocycles. The van der Waals surface area contributed by atoms with Crippen LogP contribution in [0.2, 0.25) is 0 Å². The summed E-state index contributed by atoms with van der Waals surface area (Å²) in [6.07, 6.45) is -5.31. The predicted octanol–water partition coefficient (Wildman–Crippen LogP) is -2.93. The van der Waals surface area contributed by atoms with Crippen LogP contribution < -0.4 is 22.1 Å². The zero-order valence-corrected chi connectivity index (χ0v) is 23.3. The molecule has 1 aliphatic carbocycles. The first-order valence-corrected chi connectivity index (χ1v) is 13.7. The van der Waals surface area contributed by atoms with E-state index in [2.05, 4.69) is 10.6 Å². The van der Waals surface area contributed by atoms with Gasteiger partial charge in [0, 0.05) is 25.0 Å². The van der Waals surface area contributed by atoms with Gasteiger partial charge in [0.05, 0.1) is 37.0 Å². The molecule has 3 fully saturated rings. The summed E-state index contributed by atoms with van der Waals surface area (Å²) in [4.78, 5) is 0. The highest BCUT2D eigenvalue weighted by Gasteiger charge is 2.51. The molecule has 14 heteroatoms. The third kappa shape index (κ3) is 8.05. The molecule has 0 amide bonds. The molecular weight excluding hydrogens is 514 g/mol. The minimum Gasteiger partial charge on any atom is -0.395 e. The fourth-order valence-corrected chi connectivity index (χ4v) is 5.11. The Kier molecular flexibility index (Phi) is 11.1. The van der Waals surface area contributed by atoms with Crippen molar-refractivity contribution in [3.8, 4) is 0 Å². The minimum absolute atomic E-state index is 0.00648. The molecule has 39 heavy (non-hydrogen) atoms. The molecule has 14 nitrogen and oxygen atoms in total. The van der Waals surface area contributed by atoms with Gasteiger partial charge >= 0.3 is 0 Å². The number of hydrogen-bond donors (Lipinski definition) is 10. The zero-order chi connectivity index (χ0) is 29.1. The third-order valence-electron chi connectivity index (χ3n) is 8.01. The van der Waals surface area contributed by atoms with Gasteiger partial charge in [-0.15, -0.1) is 0 Å². The molecule has 0 spiro atoms. The standard InChI is InChI=1S/C25H49N5O9/c1-12-17(32)22(36-11-25(12,4)35)39-20-16(30-23(28)24(2,3)34)9-15(27)19(18(20)33)38-21-14(26)6-5-13(37-21)10-29-7-8-31/h12-22,29,31-35H,5-11,26-27H2,1-4H3,(H2,28,30)/t12-,13+,14?,15+,16-,17?,18?,19?,20?,21-,22-,25?/m1/s1. The zero-order valence-electron chi connectivity index (χ0n) is 23.3. The van der Waals surface area contributed by atoms with E-state index in [-0.39, 0.29) is 31.6 Å². The topological polar surface area (TPSA) is 238 Å². The van der Waals surface area contributed by atoms with Gasteiger partial charge in [-0.1, -0.05) is 6.92 Å². The van der Waals surface area contributed by atoms with Gasteiger partial charge in [0.15, 0.2) is 12.6 Å². The molecule has 0 aromatic carbocycles. The Bertz CT molecular complexity index is 800. The summed E-state index contributed by atoms with van der Waals surface area (Å²) in [7, 11) is 0. The van der Waals surface area contributed by atoms with Gasteiger partial charge in [0.1, 0.15) is 35.9 Å². The Morgan fingerprint density at radius 2 is 1.77 bits per heavy atom. The van der Waals surface area contributed by atoms with Crippen molar-refractivity contribution in [3.05, 3.63) is 0 Å². The average Bonchev–Trinajstić information content (AvgIpc) is 2.85. The maximum absolute atomic E-state index is 11.5. The monoisotopic (exact) mass is 563 g/mol. The molecule has 3 rings (SSSR count). The highest BCUT2D eigenvalue weighted by molar-refractivity contribution is 5.86. The summed E-state index contributed by atoms with van der Waals surface area (Å²) >= 11 is 0. The number of ether oxygens (including phenoxy) is 4. The normalized spacial score (nSPS) is 43.7. The van der Waals surface area contributed by atoms with E-state index in [1.54, 1.807) is 13.8 Å². The van der Waals surface area contributed by atoms with Gasteiger partial charge in [-0.05, 0) is 40.0 Å². The van der Waals surface area contributed by atoms with Crippen molar-refractivity contribution in [3.63, 3.8) is 0 Å². The molecule has 2 heterocycles.